The van der Waals surface area contributed by atoms with E-state index in [-0.39, 0.29) is 5.91 Å². The Morgan fingerprint density at radius 1 is 1.20 bits per heavy atom. The second-order valence-electron chi connectivity index (χ2n) is 8.13. The summed E-state index contributed by atoms with van der Waals surface area (Å²) in [6, 6.07) is 14.0. The summed E-state index contributed by atoms with van der Waals surface area (Å²) in [5.41, 5.74) is 3.40. The van der Waals surface area contributed by atoms with Gasteiger partial charge in [0.15, 0.2) is 0 Å². The van der Waals surface area contributed by atoms with Crippen molar-refractivity contribution in [2.45, 2.75) is 31.3 Å². The average molecular weight is 422 g/mol. The number of pyridine rings is 1. The number of hydrogen-bond acceptors (Lipinski definition) is 6. The monoisotopic (exact) mass is 421 g/mol. The molecule has 156 valence electrons. The summed E-state index contributed by atoms with van der Waals surface area (Å²) < 4.78 is 0. The smallest absolute Gasteiger partial charge is 0.263 e. The molecule has 1 aromatic carbocycles. The predicted octanol–water partition coefficient (Wildman–Crippen LogP) is 3.25. The number of carbonyl (C=O) groups is 1. The zero-order chi connectivity index (χ0) is 20.5. The van der Waals surface area contributed by atoms with Gasteiger partial charge in [-0.25, -0.2) is 4.98 Å². The number of nitrogens with zero attached hydrogens (tertiary/aromatic N) is 2. The van der Waals surface area contributed by atoms with E-state index in [2.05, 4.69) is 50.1 Å². The van der Waals surface area contributed by atoms with Crippen LogP contribution < -0.4 is 20.9 Å². The average Bonchev–Trinajstić information content (AvgIpc) is 3.33. The van der Waals surface area contributed by atoms with Crippen LogP contribution in [0.15, 0.2) is 42.6 Å². The van der Waals surface area contributed by atoms with Crippen molar-refractivity contribution in [3.8, 4) is 0 Å². The maximum absolute atomic E-state index is 12.7. The van der Waals surface area contributed by atoms with E-state index in [0.29, 0.717) is 23.5 Å². The molecule has 30 heavy (non-hydrogen) atoms. The third-order valence-electron chi connectivity index (χ3n) is 6.14. The van der Waals surface area contributed by atoms with Crippen molar-refractivity contribution in [3.63, 3.8) is 0 Å². The summed E-state index contributed by atoms with van der Waals surface area (Å²) in [5, 5.41) is 10.9. The Morgan fingerprint density at radius 2 is 1.97 bits per heavy atom. The zero-order valence-corrected chi connectivity index (χ0v) is 18.0. The summed E-state index contributed by atoms with van der Waals surface area (Å²) in [5.74, 6) is -0.0461. The lowest BCUT2D eigenvalue weighted by Crippen LogP contribution is -2.51. The zero-order valence-electron chi connectivity index (χ0n) is 17.1. The Hall–Kier alpha value is -2.64. The first-order valence-corrected chi connectivity index (χ1v) is 11.5. The van der Waals surface area contributed by atoms with Gasteiger partial charge in [0.25, 0.3) is 5.91 Å². The second-order valence-corrected chi connectivity index (χ2v) is 9.13. The highest BCUT2D eigenvalue weighted by molar-refractivity contribution is 7.21. The van der Waals surface area contributed by atoms with Crippen LogP contribution in [0.5, 0.6) is 0 Å². The fourth-order valence-corrected chi connectivity index (χ4v) is 5.69. The summed E-state index contributed by atoms with van der Waals surface area (Å²) in [7, 11) is 1.84. The lowest BCUT2D eigenvalue weighted by atomic mass is 10.1. The molecular formula is C23H27N5OS. The third-order valence-corrected chi connectivity index (χ3v) is 7.25. The molecule has 3 aromatic rings. The number of thiophene rings is 1. The minimum Gasteiger partial charge on any atom is -0.386 e. The molecule has 0 aliphatic carbocycles. The van der Waals surface area contributed by atoms with Gasteiger partial charge in [-0.2, -0.15) is 0 Å². The summed E-state index contributed by atoms with van der Waals surface area (Å²) in [6.07, 6.45) is 5.17. The Morgan fingerprint density at radius 3 is 2.70 bits per heavy atom. The van der Waals surface area contributed by atoms with Crippen LogP contribution in [0.4, 0.5) is 11.4 Å². The minimum absolute atomic E-state index is 0.0461. The van der Waals surface area contributed by atoms with Crippen LogP contribution in [0.25, 0.3) is 10.2 Å². The normalized spacial score (nSPS) is 20.5. The predicted molar refractivity (Wildman–Crippen MR) is 124 cm³/mol. The molecule has 5 rings (SSSR count). The van der Waals surface area contributed by atoms with Gasteiger partial charge < -0.3 is 20.9 Å². The maximum atomic E-state index is 12.7. The SMILES string of the molecule is CNc1c(C(=O)NCCc2ccc(N3CC4CCC(C3)N4)cc2)sc2ncccc12. The number of anilines is 2. The molecule has 0 saturated carbocycles. The van der Waals surface area contributed by atoms with Crippen molar-refractivity contribution in [1.82, 2.24) is 15.6 Å². The van der Waals surface area contributed by atoms with E-state index in [9.17, 15) is 4.79 Å². The van der Waals surface area contributed by atoms with Crippen molar-refractivity contribution in [2.24, 2.45) is 0 Å². The number of hydrogen-bond donors (Lipinski definition) is 3. The molecule has 0 spiro atoms. The number of amides is 1. The van der Waals surface area contributed by atoms with E-state index < -0.39 is 0 Å². The Balaban J connectivity index is 1.18. The number of piperazine rings is 1. The topological polar surface area (TPSA) is 69.3 Å². The molecule has 2 unspecified atom stereocenters. The van der Waals surface area contributed by atoms with Gasteiger partial charge in [0.1, 0.15) is 9.71 Å². The molecule has 2 atom stereocenters. The number of fused-ring (bicyclic) bond motifs is 3. The Labute approximate surface area is 180 Å². The van der Waals surface area contributed by atoms with Gasteiger partial charge in [-0.1, -0.05) is 12.1 Å². The molecule has 6 nitrogen and oxygen atoms in total. The largest absolute Gasteiger partial charge is 0.386 e. The molecule has 7 heteroatoms. The van der Waals surface area contributed by atoms with Crippen molar-refractivity contribution in [3.05, 3.63) is 53.0 Å². The third kappa shape index (κ3) is 3.75. The lowest BCUT2D eigenvalue weighted by Gasteiger charge is -2.34. The molecule has 1 amide bonds. The van der Waals surface area contributed by atoms with E-state index in [1.807, 2.05) is 19.2 Å². The van der Waals surface area contributed by atoms with Gasteiger partial charge in [-0.3, -0.25) is 4.79 Å². The molecule has 4 heterocycles. The van der Waals surface area contributed by atoms with E-state index in [0.717, 1.165) is 35.4 Å². The van der Waals surface area contributed by atoms with Crippen LogP contribution in [0.2, 0.25) is 0 Å². The number of carbonyl (C=O) groups excluding carboxylic acids is 1. The van der Waals surface area contributed by atoms with Crippen molar-refractivity contribution in [1.29, 1.82) is 0 Å². The minimum atomic E-state index is -0.0461. The standard InChI is InChI=1S/C23H27N5OS/c1-24-20-19-3-2-11-26-23(19)30-21(20)22(29)25-12-10-15-4-8-18(9-5-15)28-13-16-6-7-17(14-28)27-16/h2-5,8-9,11,16-17,24,27H,6-7,10,12-14H2,1H3,(H,25,29). The highest BCUT2D eigenvalue weighted by Crippen LogP contribution is 2.34. The van der Waals surface area contributed by atoms with Crippen LogP contribution >= 0.6 is 11.3 Å². The van der Waals surface area contributed by atoms with Crippen LogP contribution in [0.3, 0.4) is 0 Å². The van der Waals surface area contributed by atoms with Crippen LogP contribution in [0.1, 0.15) is 28.1 Å². The molecular weight excluding hydrogens is 394 g/mol. The van der Waals surface area contributed by atoms with Crippen LogP contribution in [-0.2, 0) is 6.42 Å². The fraction of sp³-hybridized carbons (Fsp3) is 0.391. The quantitative estimate of drug-likeness (QED) is 0.570. The van der Waals surface area contributed by atoms with Crippen molar-refractivity contribution >= 4 is 38.8 Å². The van der Waals surface area contributed by atoms with Gasteiger partial charge in [-0.05, 0) is 49.1 Å². The van der Waals surface area contributed by atoms with Crippen LogP contribution in [-0.4, -0.2) is 49.7 Å². The summed E-state index contributed by atoms with van der Waals surface area (Å²) in [6.45, 7) is 2.81. The van der Waals surface area contributed by atoms with E-state index in [1.165, 1.54) is 35.4 Å². The van der Waals surface area contributed by atoms with E-state index >= 15 is 0 Å². The molecule has 2 saturated heterocycles. The molecule has 2 aliphatic rings. The van der Waals surface area contributed by atoms with E-state index in [1.54, 1.807) is 6.20 Å². The number of aromatic nitrogens is 1. The van der Waals surface area contributed by atoms with Gasteiger partial charge in [0.05, 0.1) is 5.69 Å². The lowest BCUT2D eigenvalue weighted by molar-refractivity contribution is 0.0959. The maximum Gasteiger partial charge on any atom is 0.263 e. The van der Waals surface area contributed by atoms with Crippen molar-refractivity contribution in [2.75, 3.05) is 36.9 Å². The number of benzene rings is 1. The number of rotatable bonds is 6. The highest BCUT2D eigenvalue weighted by Gasteiger charge is 2.32. The first kappa shape index (κ1) is 19.3. The summed E-state index contributed by atoms with van der Waals surface area (Å²) in [4.78, 5) is 21.2. The van der Waals surface area contributed by atoms with Crippen LogP contribution in [0, 0.1) is 0 Å². The highest BCUT2D eigenvalue weighted by atomic mass is 32.1. The van der Waals surface area contributed by atoms with Gasteiger partial charge >= 0.3 is 0 Å². The molecule has 2 aromatic heterocycles. The summed E-state index contributed by atoms with van der Waals surface area (Å²) >= 11 is 1.43. The van der Waals surface area contributed by atoms with Gasteiger partial charge in [0.2, 0.25) is 0 Å². The fourth-order valence-electron chi connectivity index (χ4n) is 4.62. The Bertz CT molecular complexity index is 1040. The Kier molecular flexibility index (Phi) is 5.31. The second kappa shape index (κ2) is 8.24. The molecule has 0 radical (unpaired) electrons. The molecule has 3 N–H and O–H groups in total. The first-order valence-electron chi connectivity index (χ1n) is 10.6. The molecule has 2 fully saturated rings. The van der Waals surface area contributed by atoms with Gasteiger partial charge in [-0.15, -0.1) is 11.3 Å². The van der Waals surface area contributed by atoms with E-state index in [4.69, 9.17) is 0 Å². The first-order chi connectivity index (χ1) is 14.7. The van der Waals surface area contributed by atoms with Crippen molar-refractivity contribution < 1.29 is 4.79 Å². The number of nitrogens with one attached hydrogen (secondary N) is 3. The van der Waals surface area contributed by atoms with Gasteiger partial charge in [0, 0.05) is 56.0 Å². The molecule has 2 aliphatic heterocycles. The molecule has 2 bridgehead atoms.